The van der Waals surface area contributed by atoms with E-state index in [2.05, 4.69) is 40.7 Å². The number of fused-ring (bicyclic) bond motifs is 8. The SMILES string of the molecule is CC(C)(O)C1CC[C@H]([C@H]2CC[C@@]3(C)C4CC=C5C(CC[C@H](OC6OC(COC7OC(CO)C(O)C(O)C7O)C(O)C(O)C6O)C5(C)C)[C@]4(C)CC[C@]23C)OC2C(O)C(CO)OC(OC3C(OC(COC4OC(CO)C(O)C(O)C4O)C(O)C3O)O1)C2O. The Morgan fingerprint density at radius 3 is 1.56 bits per heavy atom. The van der Waals surface area contributed by atoms with Gasteiger partial charge in [-0.2, -0.15) is 0 Å². The lowest BCUT2D eigenvalue weighted by molar-refractivity contribution is -0.386. The Morgan fingerprint density at radius 1 is 0.471 bits per heavy atom. The fourth-order valence-corrected chi connectivity index (χ4v) is 17.1. The van der Waals surface area contributed by atoms with Gasteiger partial charge in [-0.1, -0.05) is 46.3 Å². The molecule has 2 bridgehead atoms. The van der Waals surface area contributed by atoms with Crippen LogP contribution in [-0.4, -0.2) is 297 Å². The van der Waals surface area contributed by atoms with Gasteiger partial charge in [0.15, 0.2) is 31.5 Å². The van der Waals surface area contributed by atoms with Gasteiger partial charge < -0.3 is 139 Å². The first-order valence-corrected chi connectivity index (χ1v) is 31.1. The van der Waals surface area contributed by atoms with E-state index >= 15 is 0 Å². The van der Waals surface area contributed by atoms with Crippen molar-refractivity contribution in [3.05, 3.63) is 11.6 Å². The second-order valence-electron chi connectivity index (χ2n) is 28.3. The minimum Gasteiger partial charge on any atom is -0.394 e. The zero-order valence-corrected chi connectivity index (χ0v) is 50.5. The molecular formula is C59H98O28. The lowest BCUT2D eigenvalue weighted by Crippen LogP contribution is -2.66. The summed E-state index contributed by atoms with van der Waals surface area (Å²) in [5.41, 5.74) is -1.94. The molecule has 0 aromatic rings. The Labute approximate surface area is 505 Å². The number of hydrogen-bond donors (Lipinski definition) is 17. The topological polar surface area (TPSA) is 445 Å². The zero-order chi connectivity index (χ0) is 63.4. The van der Waals surface area contributed by atoms with Crippen molar-refractivity contribution in [3.8, 4) is 0 Å². The van der Waals surface area contributed by atoms with E-state index in [4.69, 9.17) is 52.1 Å². The van der Waals surface area contributed by atoms with Crippen molar-refractivity contribution in [1.82, 2.24) is 0 Å². The van der Waals surface area contributed by atoms with Crippen LogP contribution in [0, 0.1) is 39.4 Å². The Kier molecular flexibility index (Phi) is 20.5. The van der Waals surface area contributed by atoms with Crippen LogP contribution in [0.5, 0.6) is 0 Å². The fourth-order valence-electron chi connectivity index (χ4n) is 17.1. The van der Waals surface area contributed by atoms with Gasteiger partial charge in [-0.3, -0.25) is 0 Å². The summed E-state index contributed by atoms with van der Waals surface area (Å²) in [4.78, 5) is 0. The molecule has 17 N–H and O–H groups in total. The van der Waals surface area contributed by atoms with Gasteiger partial charge in [-0.05, 0) is 106 Å². The Bertz CT molecular complexity index is 2330. The highest BCUT2D eigenvalue weighted by atomic mass is 16.8. The third-order valence-corrected chi connectivity index (χ3v) is 22.7. The molecule has 87 heavy (non-hydrogen) atoms. The lowest BCUT2D eigenvalue weighted by Gasteiger charge is -2.66. The van der Waals surface area contributed by atoms with Gasteiger partial charge in [0.05, 0.1) is 56.9 Å². The molecule has 0 amide bonds. The van der Waals surface area contributed by atoms with E-state index in [1.54, 1.807) is 0 Å². The average molecular weight is 1260 g/mol. The quantitative estimate of drug-likeness (QED) is 0.0772. The monoisotopic (exact) mass is 1250 g/mol. The molecule has 0 spiro atoms. The number of rotatable bonds is 13. The Hall–Kier alpha value is -1.38. The van der Waals surface area contributed by atoms with Crippen molar-refractivity contribution in [2.75, 3.05) is 33.0 Å². The second kappa shape index (κ2) is 26.1. The smallest absolute Gasteiger partial charge is 0.187 e. The van der Waals surface area contributed by atoms with E-state index in [0.717, 1.165) is 19.3 Å². The molecule has 28 nitrogen and oxygen atoms in total. The maximum absolute atomic E-state index is 12.2. The van der Waals surface area contributed by atoms with E-state index in [1.807, 2.05) is 0 Å². The van der Waals surface area contributed by atoms with Crippen molar-refractivity contribution in [2.45, 2.75) is 284 Å². The maximum atomic E-state index is 12.2. The summed E-state index contributed by atoms with van der Waals surface area (Å²) in [6.07, 6.45) is -34.6. The molecule has 9 fully saturated rings. The van der Waals surface area contributed by atoms with Crippen LogP contribution in [0.25, 0.3) is 0 Å². The van der Waals surface area contributed by atoms with Gasteiger partial charge in [-0.25, -0.2) is 0 Å². The van der Waals surface area contributed by atoms with Crippen LogP contribution in [0.2, 0.25) is 0 Å². The number of allylic oxidation sites excluding steroid dienone is 1. The molecule has 502 valence electrons. The standard InChI is InChI=1S/C59H98O28/c1-55(2)23-8-11-32-57(5,24(23)9-12-33(55)85-52-46(74)42(70)37(65)30(83-52)21-77-50-44(72)40(68)35(63)27(18-60)80-50)16-17-58(6)25(14-15-59(32,58)7)26-10-13-34(56(3,4)76)86-54-49(87-53-47(75)48(79-26)39(67)29(20-62)82-53)43(71)38(66)31(84-54)22-78-51-45(73)41(69)36(64)28(19-61)81-51/h8,24-54,60-76H,9-22H2,1-7H3/t24?,25-,26-,27?,28?,29?,30?,31?,32?,33+,34?,35?,36?,37?,38?,39?,40?,41?,42?,43?,44?,45?,46?,47?,48?,49?,50?,51?,52?,53?,54?,57+,58-,59+/m1/s1. The third-order valence-electron chi connectivity index (χ3n) is 22.7. The molecule has 0 aromatic heterocycles. The van der Waals surface area contributed by atoms with Crippen LogP contribution in [0.3, 0.4) is 0 Å². The van der Waals surface area contributed by atoms with Crippen LogP contribution >= 0.6 is 0 Å². The van der Waals surface area contributed by atoms with Crippen molar-refractivity contribution in [3.63, 3.8) is 0 Å². The first-order chi connectivity index (χ1) is 40.9. The molecule has 4 aliphatic carbocycles. The molecule has 34 atom stereocenters. The summed E-state index contributed by atoms with van der Waals surface area (Å²) in [5, 5.41) is 185. The molecule has 0 aromatic carbocycles. The van der Waals surface area contributed by atoms with E-state index in [9.17, 15) is 86.8 Å². The molecular weight excluding hydrogens is 1160 g/mol. The molecule has 6 aliphatic heterocycles. The highest BCUT2D eigenvalue weighted by Crippen LogP contribution is 2.75. The minimum atomic E-state index is -1.87. The highest BCUT2D eigenvalue weighted by Gasteiger charge is 2.69. The zero-order valence-electron chi connectivity index (χ0n) is 50.5. The molecule has 10 aliphatic rings. The Balaban J connectivity index is 0.865. The molecule has 6 saturated heterocycles. The van der Waals surface area contributed by atoms with Gasteiger partial charge in [0.25, 0.3) is 0 Å². The van der Waals surface area contributed by atoms with Crippen LogP contribution in [0.1, 0.15) is 106 Å². The summed E-state index contributed by atoms with van der Waals surface area (Å²) < 4.78 is 67.2. The van der Waals surface area contributed by atoms with Gasteiger partial charge >= 0.3 is 0 Å². The number of ether oxygens (including phenoxy) is 11. The maximum Gasteiger partial charge on any atom is 0.187 e. The van der Waals surface area contributed by atoms with Crippen LogP contribution in [0.15, 0.2) is 11.6 Å². The van der Waals surface area contributed by atoms with E-state index in [0.29, 0.717) is 25.7 Å². The number of aliphatic hydroxyl groups excluding tert-OH is 16. The first-order valence-electron chi connectivity index (χ1n) is 31.1. The molecule has 28 heteroatoms. The summed E-state index contributed by atoms with van der Waals surface area (Å²) in [6, 6.07) is 0. The highest BCUT2D eigenvalue weighted by molar-refractivity contribution is 5.31. The van der Waals surface area contributed by atoms with Crippen LogP contribution in [-0.2, 0) is 52.1 Å². The van der Waals surface area contributed by atoms with Crippen molar-refractivity contribution >= 4 is 0 Å². The number of hydrogen-bond acceptors (Lipinski definition) is 28. The fraction of sp³-hybridized carbons (Fsp3) is 0.966. The molecule has 6 heterocycles. The van der Waals surface area contributed by atoms with Gasteiger partial charge in [-0.15, -0.1) is 0 Å². The third kappa shape index (κ3) is 12.2. The number of aliphatic hydroxyl groups is 17. The second-order valence-corrected chi connectivity index (χ2v) is 28.3. The molecule has 0 radical (unpaired) electrons. The molecule has 10 rings (SSSR count). The summed E-state index contributed by atoms with van der Waals surface area (Å²) in [7, 11) is 0. The van der Waals surface area contributed by atoms with Crippen molar-refractivity contribution in [1.29, 1.82) is 0 Å². The van der Waals surface area contributed by atoms with Crippen LogP contribution < -0.4 is 0 Å². The summed E-state index contributed by atoms with van der Waals surface area (Å²) in [5.74, 6) is 0.0800. The summed E-state index contributed by atoms with van der Waals surface area (Å²) in [6.45, 7) is 11.0. The first kappa shape index (κ1) is 68.5. The van der Waals surface area contributed by atoms with Crippen molar-refractivity contribution < 1.29 is 139 Å². The van der Waals surface area contributed by atoms with Gasteiger partial charge in [0, 0.05) is 5.41 Å². The molecule has 3 saturated carbocycles. The van der Waals surface area contributed by atoms with Gasteiger partial charge in [0.1, 0.15) is 122 Å². The van der Waals surface area contributed by atoms with E-state index in [-0.39, 0.29) is 41.4 Å². The van der Waals surface area contributed by atoms with Crippen LogP contribution in [0.4, 0.5) is 0 Å². The normalized spacial score (nSPS) is 54.0. The Morgan fingerprint density at radius 2 is 0.989 bits per heavy atom. The largest absolute Gasteiger partial charge is 0.394 e. The average Bonchev–Trinajstić information content (AvgIpc) is 1.68. The summed E-state index contributed by atoms with van der Waals surface area (Å²) >= 11 is 0. The van der Waals surface area contributed by atoms with Gasteiger partial charge in [0.2, 0.25) is 0 Å². The van der Waals surface area contributed by atoms with E-state index in [1.165, 1.54) is 19.4 Å². The minimum absolute atomic E-state index is 0.101. The lowest BCUT2D eigenvalue weighted by atomic mass is 9.39. The van der Waals surface area contributed by atoms with Crippen molar-refractivity contribution in [2.24, 2.45) is 39.4 Å². The van der Waals surface area contributed by atoms with E-state index < -0.39 is 221 Å². The predicted molar refractivity (Wildman–Crippen MR) is 292 cm³/mol. The predicted octanol–water partition coefficient (Wildman–Crippen LogP) is -4.61. The molecule has 28 unspecified atom stereocenters.